The number of esters is 1. The molecule has 1 aliphatic heterocycles. The first kappa shape index (κ1) is 11.8. The van der Waals surface area contributed by atoms with Gasteiger partial charge in [-0.1, -0.05) is 18.2 Å². The molecule has 1 aliphatic rings. The van der Waals surface area contributed by atoms with Crippen molar-refractivity contribution in [2.75, 3.05) is 0 Å². The van der Waals surface area contributed by atoms with Gasteiger partial charge in [0.25, 0.3) is 0 Å². The molecule has 0 aromatic heterocycles. The quantitative estimate of drug-likeness (QED) is 0.581. The highest BCUT2D eigenvalue weighted by molar-refractivity contribution is 5.85. The third-order valence-electron chi connectivity index (χ3n) is 3.39. The van der Waals surface area contributed by atoms with Crippen LogP contribution in [0.4, 0.5) is 0 Å². The zero-order chi connectivity index (χ0) is 12.6. The lowest BCUT2D eigenvalue weighted by atomic mass is 9.71. The molecule has 1 aromatic carbocycles. The number of ketones is 1. The zero-order valence-electron chi connectivity index (χ0n) is 10.3. The van der Waals surface area contributed by atoms with E-state index in [-0.39, 0.29) is 17.7 Å². The van der Waals surface area contributed by atoms with Crippen molar-refractivity contribution in [3.05, 3.63) is 29.8 Å². The summed E-state index contributed by atoms with van der Waals surface area (Å²) < 4.78 is 5.31. The topological polar surface area (TPSA) is 43.4 Å². The van der Waals surface area contributed by atoms with Crippen molar-refractivity contribution < 1.29 is 14.3 Å². The van der Waals surface area contributed by atoms with E-state index in [0.717, 1.165) is 5.56 Å². The fourth-order valence-corrected chi connectivity index (χ4v) is 2.28. The molecule has 0 aliphatic carbocycles. The molecule has 2 rings (SSSR count). The van der Waals surface area contributed by atoms with Crippen LogP contribution in [0.2, 0.25) is 0 Å². The molecule has 1 heterocycles. The maximum absolute atomic E-state index is 11.9. The second-order valence-electron chi connectivity index (χ2n) is 5.11. The van der Waals surface area contributed by atoms with Crippen LogP contribution in [0.1, 0.15) is 38.7 Å². The fourth-order valence-electron chi connectivity index (χ4n) is 2.28. The first-order valence-corrected chi connectivity index (χ1v) is 5.73. The monoisotopic (exact) mass is 232 g/mol. The number of rotatable bonds is 2. The normalized spacial score (nSPS) is 21.6. The number of benzene rings is 1. The van der Waals surface area contributed by atoms with E-state index >= 15 is 0 Å². The highest BCUT2D eigenvalue weighted by Crippen LogP contribution is 2.46. The van der Waals surface area contributed by atoms with Crippen LogP contribution in [0.3, 0.4) is 0 Å². The Morgan fingerprint density at radius 2 is 2.00 bits per heavy atom. The fraction of sp³-hybridized carbons (Fsp3) is 0.429. The number of hydrogen-bond acceptors (Lipinski definition) is 3. The second kappa shape index (κ2) is 3.99. The first-order chi connectivity index (χ1) is 7.93. The summed E-state index contributed by atoms with van der Waals surface area (Å²) in [5, 5.41) is 0. The molecular formula is C14H16O3. The van der Waals surface area contributed by atoms with Crippen molar-refractivity contribution in [2.24, 2.45) is 5.41 Å². The van der Waals surface area contributed by atoms with Gasteiger partial charge < -0.3 is 9.53 Å². The lowest BCUT2D eigenvalue weighted by Gasteiger charge is -2.37. The Hall–Kier alpha value is -1.64. The Morgan fingerprint density at radius 1 is 1.35 bits per heavy atom. The van der Waals surface area contributed by atoms with Gasteiger partial charge in [-0.2, -0.15) is 0 Å². The maximum Gasteiger partial charge on any atom is 0.317 e. The molecule has 3 nitrogen and oxygen atoms in total. The number of fused-ring (bicyclic) bond motifs is 1. The van der Waals surface area contributed by atoms with E-state index in [4.69, 9.17) is 4.74 Å². The van der Waals surface area contributed by atoms with E-state index in [0.29, 0.717) is 12.2 Å². The van der Waals surface area contributed by atoms with Gasteiger partial charge in [0.1, 0.15) is 11.5 Å². The summed E-state index contributed by atoms with van der Waals surface area (Å²) in [7, 11) is 0. The van der Waals surface area contributed by atoms with Gasteiger partial charge in [0.2, 0.25) is 0 Å². The third kappa shape index (κ3) is 1.97. The molecule has 90 valence electrons. The van der Waals surface area contributed by atoms with Crippen molar-refractivity contribution in [1.29, 1.82) is 0 Å². The number of carbonyl (C=O) groups is 2. The summed E-state index contributed by atoms with van der Waals surface area (Å²) >= 11 is 0. The summed E-state index contributed by atoms with van der Waals surface area (Å²) in [5.41, 5.74) is 0.298. The molecule has 0 saturated heterocycles. The molecule has 3 heteroatoms. The summed E-state index contributed by atoms with van der Waals surface area (Å²) in [5.74, 6) is 0.315. The van der Waals surface area contributed by atoms with Crippen molar-refractivity contribution in [2.45, 2.75) is 33.1 Å². The Morgan fingerprint density at radius 3 is 2.65 bits per heavy atom. The number of hydrogen-bond donors (Lipinski definition) is 0. The van der Waals surface area contributed by atoms with Crippen LogP contribution in [0.5, 0.6) is 5.75 Å². The van der Waals surface area contributed by atoms with Crippen LogP contribution in [0.15, 0.2) is 24.3 Å². The lowest BCUT2D eigenvalue weighted by Crippen LogP contribution is -2.39. The first-order valence-electron chi connectivity index (χ1n) is 5.73. The summed E-state index contributed by atoms with van der Waals surface area (Å²) in [6.07, 6.45) is 0.374. The second-order valence-corrected chi connectivity index (χ2v) is 5.11. The van der Waals surface area contributed by atoms with E-state index in [1.165, 1.54) is 0 Å². The molecule has 0 saturated carbocycles. The minimum absolute atomic E-state index is 0.0904. The van der Waals surface area contributed by atoms with Gasteiger partial charge in [0.15, 0.2) is 0 Å². The molecule has 0 radical (unpaired) electrons. The Balaban J connectivity index is 2.51. The van der Waals surface area contributed by atoms with Crippen molar-refractivity contribution in [3.8, 4) is 5.75 Å². The van der Waals surface area contributed by atoms with Crippen LogP contribution in [0.25, 0.3) is 0 Å². The van der Waals surface area contributed by atoms with E-state index in [9.17, 15) is 9.59 Å². The predicted octanol–water partition coefficient (Wildman–Crippen LogP) is 2.69. The van der Waals surface area contributed by atoms with E-state index in [1.54, 1.807) is 13.0 Å². The Bertz CT molecular complexity index is 474. The van der Waals surface area contributed by atoms with E-state index in [1.807, 2.05) is 32.0 Å². The van der Waals surface area contributed by atoms with Gasteiger partial charge in [-0.25, -0.2) is 0 Å². The van der Waals surface area contributed by atoms with Crippen LogP contribution >= 0.6 is 0 Å². The standard InChI is InChI=1S/C14H16O3/c1-9(15)8-11-10-6-4-5-7-12(10)17-13(16)14(11,2)3/h4-7,11H,8H2,1-3H3. The van der Waals surface area contributed by atoms with Gasteiger partial charge in [-0.3, -0.25) is 4.79 Å². The number of carbonyl (C=O) groups excluding carboxylic acids is 2. The lowest BCUT2D eigenvalue weighted by molar-refractivity contribution is -0.147. The van der Waals surface area contributed by atoms with Crippen molar-refractivity contribution in [3.63, 3.8) is 0 Å². The molecule has 1 atom stereocenters. The molecule has 0 N–H and O–H groups in total. The number of ether oxygens (including phenoxy) is 1. The average molecular weight is 232 g/mol. The SMILES string of the molecule is CC(=O)CC1c2ccccc2OC(=O)C1(C)C. The third-order valence-corrected chi connectivity index (χ3v) is 3.39. The minimum atomic E-state index is -0.653. The Labute approximate surface area is 101 Å². The van der Waals surface area contributed by atoms with Gasteiger partial charge >= 0.3 is 5.97 Å². The molecule has 1 unspecified atom stereocenters. The van der Waals surface area contributed by atoms with Gasteiger partial charge in [0.05, 0.1) is 5.41 Å². The zero-order valence-corrected chi connectivity index (χ0v) is 10.3. The van der Waals surface area contributed by atoms with E-state index in [2.05, 4.69) is 0 Å². The molecule has 0 fully saturated rings. The molecule has 0 spiro atoms. The minimum Gasteiger partial charge on any atom is -0.426 e. The number of Topliss-reactive ketones (excluding diaryl/α,β-unsaturated/α-hetero) is 1. The summed E-state index contributed by atoms with van der Waals surface area (Å²) in [4.78, 5) is 23.3. The van der Waals surface area contributed by atoms with Gasteiger partial charge in [-0.15, -0.1) is 0 Å². The molecule has 1 aromatic rings. The Kier molecular flexibility index (Phi) is 2.77. The highest BCUT2D eigenvalue weighted by atomic mass is 16.5. The van der Waals surface area contributed by atoms with Crippen LogP contribution in [-0.4, -0.2) is 11.8 Å². The average Bonchev–Trinajstić information content (AvgIpc) is 2.25. The van der Waals surface area contributed by atoms with Crippen molar-refractivity contribution >= 4 is 11.8 Å². The largest absolute Gasteiger partial charge is 0.426 e. The predicted molar refractivity (Wildman–Crippen MR) is 63.9 cm³/mol. The van der Waals surface area contributed by atoms with Crippen LogP contribution in [-0.2, 0) is 9.59 Å². The molecule has 0 bridgehead atoms. The van der Waals surface area contributed by atoms with Gasteiger partial charge in [0, 0.05) is 12.3 Å². The van der Waals surface area contributed by atoms with Crippen molar-refractivity contribution in [1.82, 2.24) is 0 Å². The molecule has 0 amide bonds. The highest BCUT2D eigenvalue weighted by Gasteiger charge is 2.44. The summed E-state index contributed by atoms with van der Waals surface area (Å²) in [6.45, 7) is 5.22. The maximum atomic E-state index is 11.9. The smallest absolute Gasteiger partial charge is 0.317 e. The van der Waals surface area contributed by atoms with Gasteiger partial charge in [-0.05, 0) is 32.4 Å². The van der Waals surface area contributed by atoms with E-state index < -0.39 is 5.41 Å². The molecular weight excluding hydrogens is 216 g/mol. The van der Waals surface area contributed by atoms with Crippen LogP contribution < -0.4 is 4.74 Å². The molecule has 17 heavy (non-hydrogen) atoms. The van der Waals surface area contributed by atoms with Crippen LogP contribution in [0, 0.1) is 5.41 Å². The number of para-hydroxylation sites is 1. The summed E-state index contributed by atoms with van der Waals surface area (Å²) in [6, 6.07) is 7.43.